The highest BCUT2D eigenvalue weighted by Crippen LogP contribution is 2.26. The summed E-state index contributed by atoms with van der Waals surface area (Å²) in [7, 11) is -7.42. The van der Waals surface area contributed by atoms with Crippen LogP contribution in [-0.2, 0) is 26.6 Å². The Morgan fingerprint density at radius 2 is 1.49 bits per heavy atom. The Labute approximate surface area is 246 Å². The van der Waals surface area contributed by atoms with Crippen LogP contribution in [0.25, 0.3) is 0 Å². The number of aryl methyl sites for hydroxylation is 2. The lowest BCUT2D eigenvalue weighted by Gasteiger charge is -2.23. The second kappa shape index (κ2) is 11.9. The molecule has 0 spiro atoms. The van der Waals surface area contributed by atoms with Crippen molar-refractivity contribution in [1.29, 1.82) is 0 Å². The van der Waals surface area contributed by atoms with Crippen molar-refractivity contribution in [3.05, 3.63) is 118 Å². The fourth-order valence-electron chi connectivity index (χ4n) is 4.05. The molecule has 0 aliphatic heterocycles. The van der Waals surface area contributed by atoms with Crippen LogP contribution in [-0.4, -0.2) is 29.0 Å². The fraction of sp³-hybridized carbons (Fsp3) is 0.167. The molecule has 0 heterocycles. The van der Waals surface area contributed by atoms with Crippen molar-refractivity contribution >= 4 is 54.6 Å². The summed E-state index contributed by atoms with van der Waals surface area (Å²) in [5.74, 6) is -0.394. The van der Waals surface area contributed by atoms with Gasteiger partial charge in [0, 0.05) is 16.3 Å². The number of carbonyl (C=O) groups excluding carboxylic acids is 1. The maximum Gasteiger partial charge on any atom is 0.261 e. The molecule has 41 heavy (non-hydrogen) atoms. The van der Waals surface area contributed by atoms with Crippen LogP contribution in [0, 0.1) is 20.8 Å². The van der Waals surface area contributed by atoms with Gasteiger partial charge in [-0.3, -0.25) is 13.8 Å². The van der Waals surface area contributed by atoms with E-state index in [2.05, 4.69) is 10.0 Å². The van der Waals surface area contributed by atoms with E-state index in [0.29, 0.717) is 38.8 Å². The Balaban J connectivity index is 1.44. The molecule has 4 aromatic rings. The number of halogens is 1. The third-order valence-corrected chi connectivity index (χ3v) is 9.59. The van der Waals surface area contributed by atoms with Gasteiger partial charge in [-0.05, 0) is 104 Å². The van der Waals surface area contributed by atoms with Gasteiger partial charge in [0.25, 0.3) is 15.9 Å². The lowest BCUT2D eigenvalue weighted by Crippen LogP contribution is -2.29. The molecule has 0 saturated carbocycles. The molecule has 214 valence electrons. The average Bonchev–Trinajstić information content (AvgIpc) is 2.91. The lowest BCUT2D eigenvalue weighted by molar-refractivity contribution is 0.102. The van der Waals surface area contributed by atoms with Gasteiger partial charge in [0.15, 0.2) is 0 Å². The zero-order valence-corrected chi connectivity index (χ0v) is 25.4. The Hall–Kier alpha value is -3.86. The van der Waals surface area contributed by atoms with E-state index in [9.17, 15) is 21.6 Å². The van der Waals surface area contributed by atoms with E-state index in [0.717, 1.165) is 17.4 Å². The van der Waals surface area contributed by atoms with Gasteiger partial charge < -0.3 is 5.32 Å². The summed E-state index contributed by atoms with van der Waals surface area (Å²) in [6.07, 6.45) is 1.16. The molecule has 2 N–H and O–H groups in total. The molecule has 0 unspecified atom stereocenters. The molecule has 0 atom stereocenters. The van der Waals surface area contributed by atoms with Crippen molar-refractivity contribution in [2.75, 3.05) is 20.6 Å². The molecule has 11 heteroatoms. The Morgan fingerprint density at radius 1 is 0.829 bits per heavy atom. The van der Waals surface area contributed by atoms with Gasteiger partial charge in [0.2, 0.25) is 10.0 Å². The molecule has 0 fully saturated rings. The summed E-state index contributed by atoms with van der Waals surface area (Å²) >= 11 is 6.09. The maximum absolute atomic E-state index is 12.8. The zero-order valence-electron chi connectivity index (χ0n) is 23.0. The molecule has 0 saturated heterocycles. The van der Waals surface area contributed by atoms with Crippen molar-refractivity contribution in [2.45, 2.75) is 32.2 Å². The van der Waals surface area contributed by atoms with Crippen molar-refractivity contribution in [1.82, 2.24) is 0 Å². The fourth-order valence-corrected chi connectivity index (χ4v) is 6.23. The first kappa shape index (κ1) is 30.1. The van der Waals surface area contributed by atoms with Gasteiger partial charge in [-0.1, -0.05) is 35.9 Å². The van der Waals surface area contributed by atoms with E-state index in [4.69, 9.17) is 11.6 Å². The molecule has 0 aliphatic rings. The molecule has 4 aromatic carbocycles. The number of nitrogens with zero attached hydrogens (tertiary/aromatic N) is 1. The van der Waals surface area contributed by atoms with Gasteiger partial charge in [-0.25, -0.2) is 16.8 Å². The number of hydrogen-bond acceptors (Lipinski definition) is 5. The minimum absolute atomic E-state index is 0.0263. The summed E-state index contributed by atoms with van der Waals surface area (Å²) in [5.41, 5.74) is 5.10. The molecular formula is C30H30ClN3O5S2. The predicted molar refractivity (Wildman–Crippen MR) is 165 cm³/mol. The van der Waals surface area contributed by atoms with Crippen LogP contribution in [0.1, 0.15) is 32.6 Å². The predicted octanol–water partition coefficient (Wildman–Crippen LogP) is 6.28. The zero-order chi connectivity index (χ0) is 29.9. The average molecular weight is 612 g/mol. The first-order valence-corrected chi connectivity index (χ1v) is 16.3. The van der Waals surface area contributed by atoms with Crippen molar-refractivity contribution in [3.63, 3.8) is 0 Å². The summed E-state index contributed by atoms with van der Waals surface area (Å²) in [6.45, 7) is 5.72. The number of sulfonamides is 2. The molecular weight excluding hydrogens is 582 g/mol. The normalized spacial score (nSPS) is 11.6. The first-order chi connectivity index (χ1) is 19.2. The number of rotatable bonds is 9. The second-order valence-corrected chi connectivity index (χ2v) is 13.7. The Bertz CT molecular complexity index is 1810. The van der Waals surface area contributed by atoms with E-state index < -0.39 is 26.0 Å². The van der Waals surface area contributed by atoms with Crippen LogP contribution in [0.4, 0.5) is 17.1 Å². The molecule has 0 bridgehead atoms. The van der Waals surface area contributed by atoms with E-state index in [1.54, 1.807) is 55.5 Å². The monoisotopic (exact) mass is 611 g/mol. The first-order valence-electron chi connectivity index (χ1n) is 12.6. The highest BCUT2D eigenvalue weighted by molar-refractivity contribution is 7.92. The van der Waals surface area contributed by atoms with Crippen LogP contribution in [0.5, 0.6) is 0 Å². The number of amides is 1. The standard InChI is InChI=1S/C30H30ClN3O5S2/c1-20-8-15-26(18-21(20)2)34(40(4,36)37)19-23-9-11-24(12-10-23)30(35)32-25-13-16-27(17-14-25)41(38,39)33-29-7-5-6-28(31)22(29)3/h5-18,33H,19H2,1-4H3,(H,32,35). The summed E-state index contributed by atoms with van der Waals surface area (Å²) < 4.78 is 54.6. The van der Waals surface area contributed by atoms with Crippen LogP contribution in [0.15, 0.2) is 89.8 Å². The molecule has 0 radical (unpaired) electrons. The van der Waals surface area contributed by atoms with Crippen molar-refractivity contribution < 1.29 is 21.6 Å². The minimum Gasteiger partial charge on any atom is -0.322 e. The van der Waals surface area contributed by atoms with E-state index >= 15 is 0 Å². The number of hydrogen-bond donors (Lipinski definition) is 2. The molecule has 1 amide bonds. The van der Waals surface area contributed by atoms with Gasteiger partial charge in [-0.2, -0.15) is 0 Å². The minimum atomic E-state index is -3.87. The highest BCUT2D eigenvalue weighted by atomic mass is 35.5. The quantitative estimate of drug-likeness (QED) is 0.231. The number of benzene rings is 4. The smallest absolute Gasteiger partial charge is 0.261 e. The SMILES string of the molecule is Cc1ccc(N(Cc2ccc(C(=O)Nc3ccc(S(=O)(=O)Nc4cccc(Cl)c4C)cc3)cc2)S(C)(=O)=O)cc1C. The summed E-state index contributed by atoms with van der Waals surface area (Å²) in [4.78, 5) is 12.9. The van der Waals surface area contributed by atoms with E-state index in [1.165, 1.54) is 28.6 Å². The number of nitrogens with one attached hydrogen (secondary N) is 2. The van der Waals surface area contributed by atoms with Crippen LogP contribution in [0.3, 0.4) is 0 Å². The van der Waals surface area contributed by atoms with Crippen LogP contribution < -0.4 is 14.3 Å². The maximum atomic E-state index is 12.8. The Kier molecular flexibility index (Phi) is 8.77. The second-order valence-electron chi connectivity index (χ2n) is 9.73. The number of anilines is 3. The van der Waals surface area contributed by atoms with Crippen molar-refractivity contribution in [3.8, 4) is 0 Å². The van der Waals surface area contributed by atoms with E-state index in [-0.39, 0.29) is 11.4 Å². The molecule has 4 rings (SSSR count). The third kappa shape index (κ3) is 7.27. The highest BCUT2D eigenvalue weighted by Gasteiger charge is 2.19. The summed E-state index contributed by atoms with van der Waals surface area (Å²) in [6, 6.07) is 22.9. The largest absolute Gasteiger partial charge is 0.322 e. The van der Waals surface area contributed by atoms with Crippen LogP contribution >= 0.6 is 11.6 Å². The third-order valence-electron chi connectivity index (χ3n) is 6.66. The Morgan fingerprint density at radius 3 is 2.10 bits per heavy atom. The van der Waals surface area contributed by atoms with Gasteiger partial charge in [0.1, 0.15) is 0 Å². The summed E-state index contributed by atoms with van der Waals surface area (Å²) in [5, 5.41) is 3.20. The van der Waals surface area contributed by atoms with Crippen LogP contribution in [0.2, 0.25) is 5.02 Å². The molecule has 0 aliphatic carbocycles. The topological polar surface area (TPSA) is 113 Å². The molecule has 0 aromatic heterocycles. The molecule has 8 nitrogen and oxygen atoms in total. The van der Waals surface area contributed by atoms with Gasteiger partial charge in [-0.15, -0.1) is 0 Å². The van der Waals surface area contributed by atoms with Gasteiger partial charge in [0.05, 0.1) is 29.1 Å². The van der Waals surface area contributed by atoms with E-state index in [1.807, 2.05) is 26.0 Å². The van der Waals surface area contributed by atoms with Gasteiger partial charge >= 0.3 is 0 Å². The van der Waals surface area contributed by atoms with Crippen molar-refractivity contribution in [2.24, 2.45) is 0 Å². The lowest BCUT2D eigenvalue weighted by atomic mass is 10.1. The number of carbonyl (C=O) groups is 1.